The van der Waals surface area contributed by atoms with E-state index in [1.165, 1.54) is 0 Å². The molecule has 1 spiro atoms. The molecule has 0 bridgehead atoms. The predicted octanol–water partition coefficient (Wildman–Crippen LogP) is 2.47. The number of rotatable bonds is 1. The Morgan fingerprint density at radius 3 is 2.69 bits per heavy atom. The number of ether oxygens (including phenoxy) is 1. The second-order valence-electron chi connectivity index (χ2n) is 5.04. The van der Waals surface area contributed by atoms with E-state index in [9.17, 15) is 13.2 Å². The zero-order chi connectivity index (χ0) is 11.8. The number of hydrogen-bond donors (Lipinski definition) is 1. The summed E-state index contributed by atoms with van der Waals surface area (Å²) in [5.41, 5.74) is 5.29. The third-order valence-electron chi connectivity index (χ3n) is 4.16. The minimum Gasteiger partial charge on any atom is -0.376 e. The number of hydrogen-bond acceptors (Lipinski definition) is 2. The van der Waals surface area contributed by atoms with E-state index in [1.54, 1.807) is 0 Å². The van der Waals surface area contributed by atoms with Crippen LogP contribution in [0.4, 0.5) is 13.2 Å². The summed E-state index contributed by atoms with van der Waals surface area (Å²) in [6.45, 7) is 0.900. The Hall–Kier alpha value is -0.290. The maximum absolute atomic E-state index is 12.7. The van der Waals surface area contributed by atoms with Crippen LogP contribution in [-0.4, -0.2) is 25.4 Å². The van der Waals surface area contributed by atoms with Gasteiger partial charge in [-0.2, -0.15) is 13.2 Å². The molecule has 5 heteroatoms. The molecule has 2 nitrogen and oxygen atoms in total. The second kappa shape index (κ2) is 4.18. The van der Waals surface area contributed by atoms with Crippen LogP contribution in [0.25, 0.3) is 0 Å². The van der Waals surface area contributed by atoms with E-state index in [2.05, 4.69) is 0 Å². The average Bonchev–Trinajstić information content (AvgIpc) is 2.59. The van der Waals surface area contributed by atoms with E-state index in [1.807, 2.05) is 0 Å². The largest absolute Gasteiger partial charge is 0.391 e. The van der Waals surface area contributed by atoms with E-state index in [0.717, 1.165) is 12.8 Å². The summed E-state index contributed by atoms with van der Waals surface area (Å²) in [7, 11) is 0. The molecule has 0 radical (unpaired) electrons. The first-order valence-corrected chi connectivity index (χ1v) is 5.86. The highest BCUT2D eigenvalue weighted by Gasteiger charge is 2.52. The molecule has 1 aliphatic heterocycles. The predicted molar refractivity (Wildman–Crippen MR) is 53.9 cm³/mol. The third-order valence-corrected chi connectivity index (χ3v) is 4.16. The minimum atomic E-state index is -4.06. The molecule has 3 atom stereocenters. The maximum atomic E-state index is 12.7. The molecular formula is C11H18F3NO. The van der Waals surface area contributed by atoms with Crippen molar-refractivity contribution in [2.24, 2.45) is 17.1 Å². The molecule has 2 aliphatic rings. The summed E-state index contributed by atoms with van der Waals surface area (Å²) in [6, 6.07) is 0. The Labute approximate surface area is 93.3 Å². The molecule has 2 rings (SSSR count). The van der Waals surface area contributed by atoms with Gasteiger partial charge in [0.05, 0.1) is 12.0 Å². The van der Waals surface area contributed by atoms with E-state index in [4.69, 9.17) is 10.5 Å². The number of nitrogens with two attached hydrogens (primary N) is 1. The quantitative estimate of drug-likeness (QED) is 0.760. The lowest BCUT2D eigenvalue weighted by atomic mass is 9.65. The Kier molecular flexibility index (Phi) is 3.18. The summed E-state index contributed by atoms with van der Waals surface area (Å²) >= 11 is 0. The summed E-state index contributed by atoms with van der Waals surface area (Å²) in [4.78, 5) is 0. The van der Waals surface area contributed by atoms with Crippen LogP contribution in [-0.2, 0) is 4.74 Å². The summed E-state index contributed by atoms with van der Waals surface area (Å²) in [5, 5.41) is 0. The standard InChI is InChI=1S/C11H18F3NO/c12-11(13,14)8-2-1-3-10(6-8)4-5-16-9(10)7-15/h8-9H,1-7,15H2. The molecular weight excluding hydrogens is 219 g/mol. The van der Waals surface area contributed by atoms with Gasteiger partial charge in [0.15, 0.2) is 0 Å². The summed E-state index contributed by atoms with van der Waals surface area (Å²) in [6.07, 6.45) is -1.54. The monoisotopic (exact) mass is 237 g/mol. The molecule has 1 aliphatic carbocycles. The van der Waals surface area contributed by atoms with E-state index in [-0.39, 0.29) is 24.4 Å². The highest BCUT2D eigenvalue weighted by atomic mass is 19.4. The van der Waals surface area contributed by atoms with Crippen LogP contribution < -0.4 is 5.73 Å². The van der Waals surface area contributed by atoms with Gasteiger partial charge in [-0.15, -0.1) is 0 Å². The van der Waals surface area contributed by atoms with Gasteiger partial charge in [0.1, 0.15) is 0 Å². The van der Waals surface area contributed by atoms with Gasteiger partial charge in [0.25, 0.3) is 0 Å². The maximum Gasteiger partial charge on any atom is 0.391 e. The number of alkyl halides is 3. The van der Waals surface area contributed by atoms with E-state index >= 15 is 0 Å². The molecule has 0 aromatic carbocycles. The Morgan fingerprint density at radius 1 is 1.31 bits per heavy atom. The molecule has 0 aromatic heterocycles. The van der Waals surface area contributed by atoms with Crippen LogP contribution in [0.5, 0.6) is 0 Å². The van der Waals surface area contributed by atoms with Crippen LogP contribution in [0.1, 0.15) is 32.1 Å². The van der Waals surface area contributed by atoms with Crippen molar-refractivity contribution in [3.05, 3.63) is 0 Å². The lowest BCUT2D eigenvalue weighted by Crippen LogP contribution is -2.43. The molecule has 3 unspecified atom stereocenters. The highest BCUT2D eigenvalue weighted by molar-refractivity contribution is 4.97. The zero-order valence-corrected chi connectivity index (χ0v) is 9.22. The van der Waals surface area contributed by atoms with Crippen LogP contribution in [0.2, 0.25) is 0 Å². The van der Waals surface area contributed by atoms with Crippen molar-refractivity contribution in [1.82, 2.24) is 0 Å². The fraction of sp³-hybridized carbons (Fsp3) is 1.00. The van der Waals surface area contributed by atoms with Crippen molar-refractivity contribution >= 4 is 0 Å². The topological polar surface area (TPSA) is 35.2 Å². The SMILES string of the molecule is NCC1OCCC12CCCC(C(F)(F)F)C2. The molecule has 2 N–H and O–H groups in total. The van der Waals surface area contributed by atoms with Crippen molar-refractivity contribution < 1.29 is 17.9 Å². The Morgan fingerprint density at radius 2 is 2.06 bits per heavy atom. The smallest absolute Gasteiger partial charge is 0.376 e. The van der Waals surface area contributed by atoms with Gasteiger partial charge >= 0.3 is 6.18 Å². The normalized spacial score (nSPS) is 40.5. The van der Waals surface area contributed by atoms with E-state index < -0.39 is 12.1 Å². The van der Waals surface area contributed by atoms with Crippen LogP contribution in [0, 0.1) is 11.3 Å². The molecule has 0 aromatic rings. The van der Waals surface area contributed by atoms with E-state index in [0.29, 0.717) is 19.6 Å². The second-order valence-corrected chi connectivity index (χ2v) is 5.04. The van der Waals surface area contributed by atoms with Gasteiger partial charge in [-0.3, -0.25) is 0 Å². The fourth-order valence-electron chi connectivity index (χ4n) is 3.25. The van der Waals surface area contributed by atoms with Gasteiger partial charge < -0.3 is 10.5 Å². The summed E-state index contributed by atoms with van der Waals surface area (Å²) in [5.74, 6) is -1.16. The van der Waals surface area contributed by atoms with Crippen molar-refractivity contribution in [3.63, 3.8) is 0 Å². The van der Waals surface area contributed by atoms with Crippen LogP contribution in [0.15, 0.2) is 0 Å². The first-order chi connectivity index (χ1) is 7.48. The first kappa shape index (κ1) is 12.2. The molecule has 2 fully saturated rings. The average molecular weight is 237 g/mol. The van der Waals surface area contributed by atoms with Crippen molar-refractivity contribution in [1.29, 1.82) is 0 Å². The summed E-state index contributed by atoms with van der Waals surface area (Å²) < 4.78 is 43.7. The molecule has 16 heavy (non-hydrogen) atoms. The number of halogens is 3. The van der Waals surface area contributed by atoms with Crippen LogP contribution >= 0.6 is 0 Å². The minimum absolute atomic E-state index is 0.169. The van der Waals surface area contributed by atoms with Crippen LogP contribution in [0.3, 0.4) is 0 Å². The fourth-order valence-corrected chi connectivity index (χ4v) is 3.25. The molecule has 1 saturated heterocycles. The zero-order valence-electron chi connectivity index (χ0n) is 9.22. The molecule has 0 amide bonds. The molecule has 1 heterocycles. The Balaban J connectivity index is 2.11. The van der Waals surface area contributed by atoms with Gasteiger partial charge in [-0.1, -0.05) is 6.42 Å². The molecule has 94 valence electrons. The van der Waals surface area contributed by atoms with Gasteiger partial charge in [0.2, 0.25) is 0 Å². The Bertz CT molecular complexity index is 256. The first-order valence-electron chi connectivity index (χ1n) is 5.86. The molecule has 1 saturated carbocycles. The third kappa shape index (κ3) is 2.07. The lowest BCUT2D eigenvalue weighted by Gasteiger charge is -2.41. The van der Waals surface area contributed by atoms with Crippen molar-refractivity contribution in [2.45, 2.75) is 44.4 Å². The van der Waals surface area contributed by atoms with Gasteiger partial charge in [0, 0.05) is 18.6 Å². The van der Waals surface area contributed by atoms with Crippen molar-refractivity contribution in [3.8, 4) is 0 Å². The van der Waals surface area contributed by atoms with Gasteiger partial charge in [-0.05, 0) is 25.7 Å². The highest BCUT2D eigenvalue weighted by Crippen LogP contribution is 2.52. The van der Waals surface area contributed by atoms with Gasteiger partial charge in [-0.25, -0.2) is 0 Å². The van der Waals surface area contributed by atoms with Crippen molar-refractivity contribution in [2.75, 3.05) is 13.2 Å². The lowest BCUT2D eigenvalue weighted by molar-refractivity contribution is -0.194.